The Hall–Kier alpha value is -0.570. The lowest BCUT2D eigenvalue weighted by Gasteiger charge is -2.21. The second kappa shape index (κ2) is 4.52. The molecule has 1 aliphatic carbocycles. The van der Waals surface area contributed by atoms with E-state index in [1.807, 2.05) is 20.8 Å². The first-order valence-electron chi connectivity index (χ1n) is 5.89. The Balaban J connectivity index is 2.12. The minimum atomic E-state index is -0.124. The summed E-state index contributed by atoms with van der Waals surface area (Å²) in [5, 5.41) is 6.19. The molecule has 0 aromatic rings. The van der Waals surface area contributed by atoms with E-state index >= 15 is 0 Å². The zero-order chi connectivity index (χ0) is 11.5. The third-order valence-electron chi connectivity index (χ3n) is 3.01. The molecule has 3 nitrogen and oxygen atoms in total. The van der Waals surface area contributed by atoms with Crippen LogP contribution in [0.15, 0.2) is 0 Å². The van der Waals surface area contributed by atoms with E-state index in [9.17, 15) is 4.79 Å². The average Bonchev–Trinajstić information content (AvgIpc) is 2.82. The van der Waals surface area contributed by atoms with E-state index in [0.29, 0.717) is 12.0 Å². The average molecular weight is 212 g/mol. The molecule has 2 N–H and O–H groups in total. The summed E-state index contributed by atoms with van der Waals surface area (Å²) >= 11 is 0. The lowest BCUT2D eigenvalue weighted by Crippen LogP contribution is -2.45. The SMILES string of the molecule is CCC1(CNCC(=O)NC(C)(C)C)CC1. The Morgan fingerprint density at radius 2 is 1.93 bits per heavy atom. The first kappa shape index (κ1) is 12.5. The van der Waals surface area contributed by atoms with Crippen LogP contribution in [0.2, 0.25) is 0 Å². The van der Waals surface area contributed by atoms with Gasteiger partial charge in [-0.15, -0.1) is 0 Å². The second-order valence-corrected chi connectivity index (χ2v) is 5.76. The first-order chi connectivity index (χ1) is 6.87. The summed E-state index contributed by atoms with van der Waals surface area (Å²) < 4.78 is 0. The highest BCUT2D eigenvalue weighted by molar-refractivity contribution is 5.78. The second-order valence-electron chi connectivity index (χ2n) is 5.76. The van der Waals surface area contributed by atoms with E-state index in [0.717, 1.165) is 6.54 Å². The van der Waals surface area contributed by atoms with Crippen molar-refractivity contribution >= 4 is 5.91 Å². The van der Waals surface area contributed by atoms with Gasteiger partial charge >= 0.3 is 0 Å². The summed E-state index contributed by atoms with van der Waals surface area (Å²) in [6.07, 6.45) is 3.86. The maximum absolute atomic E-state index is 11.5. The molecule has 0 atom stereocenters. The predicted molar refractivity (Wildman–Crippen MR) is 62.7 cm³/mol. The van der Waals surface area contributed by atoms with Gasteiger partial charge in [0.1, 0.15) is 0 Å². The molecule has 1 saturated carbocycles. The Morgan fingerprint density at radius 1 is 1.33 bits per heavy atom. The van der Waals surface area contributed by atoms with Crippen LogP contribution in [-0.4, -0.2) is 24.5 Å². The molecule has 0 bridgehead atoms. The monoisotopic (exact) mass is 212 g/mol. The standard InChI is InChI=1S/C12H24N2O/c1-5-12(6-7-12)9-13-8-10(15)14-11(2,3)4/h13H,5-9H2,1-4H3,(H,14,15). The molecule has 0 saturated heterocycles. The number of amides is 1. The van der Waals surface area contributed by atoms with Gasteiger partial charge in [0.05, 0.1) is 6.54 Å². The van der Waals surface area contributed by atoms with E-state index in [2.05, 4.69) is 17.6 Å². The van der Waals surface area contributed by atoms with Crippen molar-refractivity contribution in [3.63, 3.8) is 0 Å². The molecule has 0 heterocycles. The molecule has 1 aliphatic rings. The fourth-order valence-corrected chi connectivity index (χ4v) is 1.74. The fraction of sp³-hybridized carbons (Fsp3) is 0.917. The van der Waals surface area contributed by atoms with Crippen molar-refractivity contribution in [2.75, 3.05) is 13.1 Å². The van der Waals surface area contributed by atoms with Crippen molar-refractivity contribution in [1.29, 1.82) is 0 Å². The summed E-state index contributed by atoms with van der Waals surface area (Å²) in [5.74, 6) is 0.0920. The van der Waals surface area contributed by atoms with Gasteiger partial charge in [0.25, 0.3) is 0 Å². The molecule has 1 fully saturated rings. The molecule has 3 heteroatoms. The zero-order valence-electron chi connectivity index (χ0n) is 10.4. The lowest BCUT2D eigenvalue weighted by atomic mass is 10.0. The third kappa shape index (κ3) is 4.65. The van der Waals surface area contributed by atoms with Gasteiger partial charge in [-0.1, -0.05) is 6.92 Å². The molecule has 0 aromatic heterocycles. The molecule has 1 rings (SSSR count). The molecule has 0 aromatic carbocycles. The fourth-order valence-electron chi connectivity index (χ4n) is 1.74. The van der Waals surface area contributed by atoms with Crippen molar-refractivity contribution in [1.82, 2.24) is 10.6 Å². The van der Waals surface area contributed by atoms with Gasteiger partial charge in [-0.25, -0.2) is 0 Å². The number of nitrogens with one attached hydrogen (secondary N) is 2. The van der Waals surface area contributed by atoms with Crippen LogP contribution in [0.3, 0.4) is 0 Å². The van der Waals surface area contributed by atoms with Crippen LogP contribution < -0.4 is 10.6 Å². The van der Waals surface area contributed by atoms with E-state index in [-0.39, 0.29) is 11.4 Å². The van der Waals surface area contributed by atoms with E-state index in [1.54, 1.807) is 0 Å². The largest absolute Gasteiger partial charge is 0.350 e. The van der Waals surface area contributed by atoms with E-state index in [1.165, 1.54) is 19.3 Å². The zero-order valence-corrected chi connectivity index (χ0v) is 10.4. The highest BCUT2D eigenvalue weighted by Crippen LogP contribution is 2.47. The van der Waals surface area contributed by atoms with E-state index in [4.69, 9.17) is 0 Å². The number of rotatable bonds is 5. The smallest absolute Gasteiger partial charge is 0.234 e. The Morgan fingerprint density at radius 3 is 2.33 bits per heavy atom. The summed E-state index contributed by atoms with van der Waals surface area (Å²) in [7, 11) is 0. The van der Waals surface area contributed by atoms with Gasteiger partial charge < -0.3 is 10.6 Å². The van der Waals surface area contributed by atoms with Crippen molar-refractivity contribution in [3.8, 4) is 0 Å². The van der Waals surface area contributed by atoms with Gasteiger partial charge in [-0.2, -0.15) is 0 Å². The van der Waals surface area contributed by atoms with E-state index < -0.39 is 0 Å². The third-order valence-corrected chi connectivity index (χ3v) is 3.01. The van der Waals surface area contributed by atoms with Gasteiger partial charge in [-0.05, 0) is 45.4 Å². The predicted octanol–water partition coefficient (Wildman–Crippen LogP) is 1.68. The Bertz CT molecular complexity index is 226. The molecular weight excluding hydrogens is 188 g/mol. The minimum Gasteiger partial charge on any atom is -0.350 e. The summed E-state index contributed by atoms with van der Waals surface area (Å²) in [4.78, 5) is 11.5. The summed E-state index contributed by atoms with van der Waals surface area (Å²) in [6.45, 7) is 9.65. The van der Waals surface area contributed by atoms with Crippen LogP contribution in [0.5, 0.6) is 0 Å². The summed E-state index contributed by atoms with van der Waals surface area (Å²) in [5.41, 5.74) is 0.392. The quantitative estimate of drug-likeness (QED) is 0.728. The number of carbonyl (C=O) groups excluding carboxylic acids is 1. The topological polar surface area (TPSA) is 41.1 Å². The lowest BCUT2D eigenvalue weighted by molar-refractivity contribution is -0.121. The molecule has 1 amide bonds. The first-order valence-corrected chi connectivity index (χ1v) is 5.89. The molecule has 0 spiro atoms. The highest BCUT2D eigenvalue weighted by Gasteiger charge is 2.39. The van der Waals surface area contributed by atoms with Gasteiger partial charge in [-0.3, -0.25) is 4.79 Å². The van der Waals surface area contributed by atoms with Crippen LogP contribution in [0.25, 0.3) is 0 Å². The van der Waals surface area contributed by atoms with Gasteiger partial charge in [0, 0.05) is 12.1 Å². The number of hydrogen-bond acceptors (Lipinski definition) is 2. The Kier molecular flexibility index (Phi) is 3.77. The number of carbonyl (C=O) groups is 1. The molecule has 88 valence electrons. The maximum Gasteiger partial charge on any atom is 0.234 e. The van der Waals surface area contributed by atoms with Crippen molar-refractivity contribution in [2.45, 2.75) is 52.5 Å². The molecule has 0 unspecified atom stereocenters. The van der Waals surface area contributed by atoms with Gasteiger partial charge in [0.2, 0.25) is 5.91 Å². The molecule has 15 heavy (non-hydrogen) atoms. The van der Waals surface area contributed by atoms with Crippen LogP contribution in [0, 0.1) is 5.41 Å². The van der Waals surface area contributed by atoms with Crippen molar-refractivity contribution in [2.24, 2.45) is 5.41 Å². The van der Waals surface area contributed by atoms with Crippen molar-refractivity contribution in [3.05, 3.63) is 0 Å². The molecular formula is C12H24N2O. The summed E-state index contributed by atoms with van der Waals surface area (Å²) in [6, 6.07) is 0. The minimum absolute atomic E-state index is 0.0920. The van der Waals surface area contributed by atoms with Crippen molar-refractivity contribution < 1.29 is 4.79 Å². The molecule has 0 aliphatic heterocycles. The van der Waals surface area contributed by atoms with Crippen LogP contribution in [0.1, 0.15) is 47.0 Å². The number of hydrogen-bond donors (Lipinski definition) is 2. The van der Waals surface area contributed by atoms with Crippen LogP contribution >= 0.6 is 0 Å². The molecule has 0 radical (unpaired) electrons. The van der Waals surface area contributed by atoms with Crippen LogP contribution in [-0.2, 0) is 4.79 Å². The van der Waals surface area contributed by atoms with Gasteiger partial charge in [0.15, 0.2) is 0 Å². The highest BCUT2D eigenvalue weighted by atomic mass is 16.2. The maximum atomic E-state index is 11.5. The normalized spacial score (nSPS) is 18.7. The van der Waals surface area contributed by atoms with Crippen LogP contribution in [0.4, 0.5) is 0 Å². The Labute approximate surface area is 93.0 Å².